The predicted molar refractivity (Wildman–Crippen MR) is 92.8 cm³/mol. The van der Waals surface area contributed by atoms with Crippen LogP contribution >= 0.6 is 0 Å². The Kier molecular flexibility index (Phi) is 8.73. The molecule has 2 nitrogen and oxygen atoms in total. The van der Waals surface area contributed by atoms with Gasteiger partial charge in [0.05, 0.1) is 0 Å². The molecule has 0 amide bonds. The molecule has 0 spiro atoms. The summed E-state index contributed by atoms with van der Waals surface area (Å²) in [5.41, 5.74) is 0. The molecule has 0 aromatic rings. The molecule has 2 fully saturated rings. The van der Waals surface area contributed by atoms with Gasteiger partial charge in [-0.25, -0.2) is 0 Å². The van der Waals surface area contributed by atoms with E-state index in [2.05, 4.69) is 17.1 Å². The van der Waals surface area contributed by atoms with Crippen molar-refractivity contribution in [3.05, 3.63) is 0 Å². The molecule has 2 unspecified atom stereocenters. The van der Waals surface area contributed by atoms with Crippen LogP contribution < -0.4 is 5.32 Å². The molecular weight excluding hydrogens is 256 g/mol. The smallest absolute Gasteiger partial charge is 0.0136 e. The van der Waals surface area contributed by atoms with E-state index in [1.807, 2.05) is 0 Å². The third-order valence-electron chi connectivity index (χ3n) is 5.59. The lowest BCUT2D eigenvalue weighted by atomic mass is 9.90. The van der Waals surface area contributed by atoms with E-state index < -0.39 is 0 Å². The van der Waals surface area contributed by atoms with E-state index in [1.165, 1.54) is 103 Å². The van der Waals surface area contributed by atoms with Crippen LogP contribution in [-0.4, -0.2) is 37.1 Å². The second kappa shape index (κ2) is 10.6. The molecule has 0 bridgehead atoms. The van der Waals surface area contributed by atoms with Crippen LogP contribution in [0.3, 0.4) is 0 Å². The van der Waals surface area contributed by atoms with E-state index in [0.717, 1.165) is 12.0 Å². The molecule has 21 heavy (non-hydrogen) atoms. The highest BCUT2D eigenvalue weighted by atomic mass is 15.2. The maximum absolute atomic E-state index is 3.61. The van der Waals surface area contributed by atoms with Crippen LogP contribution in [0.15, 0.2) is 0 Å². The van der Waals surface area contributed by atoms with Crippen molar-refractivity contribution >= 4 is 0 Å². The molecule has 0 aliphatic carbocycles. The summed E-state index contributed by atoms with van der Waals surface area (Å²) in [7, 11) is 0. The topological polar surface area (TPSA) is 15.3 Å². The fourth-order valence-corrected chi connectivity index (χ4v) is 4.32. The zero-order valence-electron chi connectivity index (χ0n) is 14.4. The minimum atomic E-state index is 0.905. The molecule has 2 heterocycles. The van der Waals surface area contributed by atoms with Gasteiger partial charge in [0.15, 0.2) is 0 Å². The average Bonchev–Trinajstić information content (AvgIpc) is 2.99. The number of nitrogens with one attached hydrogen (secondary N) is 1. The zero-order chi connectivity index (χ0) is 14.8. The molecule has 2 aliphatic heterocycles. The summed E-state index contributed by atoms with van der Waals surface area (Å²) in [6.45, 7) is 7.57. The number of rotatable bonds is 10. The summed E-state index contributed by atoms with van der Waals surface area (Å²) in [4.78, 5) is 2.83. The van der Waals surface area contributed by atoms with Gasteiger partial charge in [0.25, 0.3) is 0 Å². The molecule has 1 N–H and O–H groups in total. The van der Waals surface area contributed by atoms with Gasteiger partial charge in [0.1, 0.15) is 0 Å². The van der Waals surface area contributed by atoms with E-state index in [-0.39, 0.29) is 0 Å². The largest absolute Gasteiger partial charge is 0.316 e. The molecule has 0 aromatic carbocycles. The lowest BCUT2D eigenvalue weighted by molar-refractivity contribution is 0.163. The number of hydrogen-bond donors (Lipinski definition) is 1. The van der Waals surface area contributed by atoms with Gasteiger partial charge in [0.2, 0.25) is 0 Å². The lowest BCUT2D eigenvalue weighted by Gasteiger charge is -2.34. The van der Waals surface area contributed by atoms with Crippen molar-refractivity contribution < 1.29 is 0 Å². The molecule has 2 aliphatic rings. The Morgan fingerprint density at radius 2 is 1.67 bits per heavy atom. The second-order valence-electron chi connectivity index (χ2n) is 7.33. The van der Waals surface area contributed by atoms with Crippen molar-refractivity contribution in [1.29, 1.82) is 0 Å². The summed E-state index contributed by atoms with van der Waals surface area (Å²) in [5.74, 6) is 0.940. The van der Waals surface area contributed by atoms with Crippen LogP contribution in [0.4, 0.5) is 0 Å². The lowest BCUT2D eigenvalue weighted by Crippen LogP contribution is -2.43. The van der Waals surface area contributed by atoms with Crippen molar-refractivity contribution in [3.8, 4) is 0 Å². The Labute approximate surface area is 133 Å². The first-order valence-electron chi connectivity index (χ1n) is 9.86. The summed E-state index contributed by atoms with van der Waals surface area (Å²) < 4.78 is 0. The van der Waals surface area contributed by atoms with Crippen molar-refractivity contribution in [2.24, 2.45) is 5.92 Å². The predicted octanol–water partition coefficient (Wildman–Crippen LogP) is 4.59. The van der Waals surface area contributed by atoms with Crippen molar-refractivity contribution in [1.82, 2.24) is 10.2 Å². The van der Waals surface area contributed by atoms with Crippen molar-refractivity contribution in [2.45, 2.75) is 90.0 Å². The number of unbranched alkanes of at least 4 members (excludes halogenated alkanes) is 7. The first kappa shape index (κ1) is 17.3. The molecule has 0 aromatic heterocycles. The Bertz CT molecular complexity index is 248. The number of hydrogen-bond acceptors (Lipinski definition) is 2. The SMILES string of the molecule is CCCCCCCCCCN1CCCC1C1CCCNC1. The highest BCUT2D eigenvalue weighted by molar-refractivity contribution is 4.87. The van der Waals surface area contributed by atoms with Crippen LogP contribution in [0.2, 0.25) is 0 Å². The quantitative estimate of drug-likeness (QED) is 0.593. The fraction of sp³-hybridized carbons (Fsp3) is 1.00. The first-order valence-corrected chi connectivity index (χ1v) is 9.86. The Morgan fingerprint density at radius 3 is 2.38 bits per heavy atom. The van der Waals surface area contributed by atoms with Crippen LogP contribution in [0.25, 0.3) is 0 Å². The first-order chi connectivity index (χ1) is 10.4. The molecule has 2 rings (SSSR count). The standard InChI is InChI=1S/C19H38N2/c1-2-3-4-5-6-7-8-9-15-21-16-11-13-19(21)18-12-10-14-20-17-18/h18-20H,2-17H2,1H3. The third-order valence-corrected chi connectivity index (χ3v) is 5.59. The second-order valence-corrected chi connectivity index (χ2v) is 7.33. The van der Waals surface area contributed by atoms with E-state index in [0.29, 0.717) is 0 Å². The van der Waals surface area contributed by atoms with Crippen LogP contribution in [0, 0.1) is 5.92 Å². The van der Waals surface area contributed by atoms with Gasteiger partial charge in [0, 0.05) is 6.04 Å². The normalized spacial score (nSPS) is 27.3. The molecule has 2 heteroatoms. The van der Waals surface area contributed by atoms with Gasteiger partial charge in [-0.2, -0.15) is 0 Å². The molecule has 124 valence electrons. The van der Waals surface area contributed by atoms with Crippen LogP contribution in [0.5, 0.6) is 0 Å². The van der Waals surface area contributed by atoms with E-state index in [9.17, 15) is 0 Å². The van der Waals surface area contributed by atoms with E-state index in [4.69, 9.17) is 0 Å². The molecule has 0 saturated carbocycles. The maximum Gasteiger partial charge on any atom is 0.0136 e. The average molecular weight is 295 g/mol. The van der Waals surface area contributed by atoms with Crippen molar-refractivity contribution in [3.63, 3.8) is 0 Å². The van der Waals surface area contributed by atoms with Gasteiger partial charge < -0.3 is 10.2 Å². The minimum absolute atomic E-state index is 0.905. The number of likely N-dealkylation sites (tertiary alicyclic amines) is 1. The van der Waals surface area contributed by atoms with Gasteiger partial charge in [-0.3, -0.25) is 0 Å². The summed E-state index contributed by atoms with van der Waals surface area (Å²) in [6, 6.07) is 0.905. The zero-order valence-corrected chi connectivity index (χ0v) is 14.4. The molecular formula is C19H38N2. The monoisotopic (exact) mass is 294 g/mol. The highest BCUT2D eigenvalue weighted by Crippen LogP contribution is 2.28. The van der Waals surface area contributed by atoms with E-state index in [1.54, 1.807) is 0 Å². The summed E-state index contributed by atoms with van der Waals surface area (Å²) in [5, 5.41) is 3.61. The van der Waals surface area contributed by atoms with E-state index >= 15 is 0 Å². The third kappa shape index (κ3) is 6.28. The number of piperidine rings is 1. The maximum atomic E-state index is 3.61. The van der Waals surface area contributed by atoms with Gasteiger partial charge >= 0.3 is 0 Å². The van der Waals surface area contributed by atoms with Gasteiger partial charge in [-0.1, -0.05) is 51.9 Å². The molecule has 0 radical (unpaired) electrons. The summed E-state index contributed by atoms with van der Waals surface area (Å²) in [6.07, 6.45) is 17.3. The fourth-order valence-electron chi connectivity index (χ4n) is 4.32. The summed E-state index contributed by atoms with van der Waals surface area (Å²) >= 11 is 0. The molecule has 2 saturated heterocycles. The highest BCUT2D eigenvalue weighted by Gasteiger charge is 2.31. The Hall–Kier alpha value is -0.0800. The number of nitrogens with zero attached hydrogens (tertiary/aromatic N) is 1. The van der Waals surface area contributed by atoms with Crippen LogP contribution in [-0.2, 0) is 0 Å². The van der Waals surface area contributed by atoms with Crippen LogP contribution in [0.1, 0.15) is 84.0 Å². The minimum Gasteiger partial charge on any atom is -0.316 e. The van der Waals surface area contributed by atoms with Crippen molar-refractivity contribution in [2.75, 3.05) is 26.2 Å². The molecule has 2 atom stereocenters. The van der Waals surface area contributed by atoms with Gasteiger partial charge in [-0.15, -0.1) is 0 Å². The Morgan fingerprint density at radius 1 is 0.905 bits per heavy atom. The Balaban J connectivity index is 1.52. The van der Waals surface area contributed by atoms with Gasteiger partial charge in [-0.05, 0) is 64.2 Å².